The minimum absolute atomic E-state index is 0.246. The first-order valence-corrected chi connectivity index (χ1v) is 10.3. The molecule has 1 aromatic carbocycles. The molecule has 8 nitrogen and oxygen atoms in total. The van der Waals surface area contributed by atoms with Crippen LogP contribution in [0.15, 0.2) is 53.6 Å². The van der Waals surface area contributed by atoms with Gasteiger partial charge < -0.3 is 10.6 Å². The molecule has 0 bridgehead atoms. The molecule has 2 unspecified atom stereocenters. The number of amides is 2. The number of benzene rings is 1. The van der Waals surface area contributed by atoms with Crippen molar-refractivity contribution in [1.82, 2.24) is 25.2 Å². The number of nitrogens with zero attached hydrogens (tertiary/aromatic N) is 3. The average Bonchev–Trinajstić information content (AvgIpc) is 3.05. The van der Waals surface area contributed by atoms with E-state index in [1.165, 1.54) is 12.1 Å². The topological polar surface area (TPSA) is 105 Å². The molecule has 0 radical (unpaired) electrons. The highest BCUT2D eigenvalue weighted by Gasteiger charge is 2.17. The summed E-state index contributed by atoms with van der Waals surface area (Å²) in [4.78, 5) is 12.6. The molecular formula is C18H21N5O3S. The molecule has 2 aromatic heterocycles. The summed E-state index contributed by atoms with van der Waals surface area (Å²) in [5, 5.41) is 13.9. The van der Waals surface area contributed by atoms with Gasteiger partial charge in [0.25, 0.3) is 0 Å². The summed E-state index contributed by atoms with van der Waals surface area (Å²) in [7, 11) is -3.24. The Hall–Kier alpha value is -2.94. The highest BCUT2D eigenvalue weighted by atomic mass is 32.2. The van der Waals surface area contributed by atoms with Crippen LogP contribution in [0.4, 0.5) is 4.79 Å². The Bertz CT molecular complexity index is 1060. The number of nitrogens with one attached hydrogen (secondary N) is 2. The Balaban J connectivity index is 1.64. The minimum Gasteiger partial charge on any atom is -0.332 e. The highest BCUT2D eigenvalue weighted by molar-refractivity contribution is 7.90. The lowest BCUT2D eigenvalue weighted by molar-refractivity contribution is 0.234. The Morgan fingerprint density at radius 3 is 2.33 bits per heavy atom. The Morgan fingerprint density at radius 2 is 1.67 bits per heavy atom. The molecule has 0 aliphatic heterocycles. The molecule has 0 saturated heterocycles. The Labute approximate surface area is 157 Å². The van der Waals surface area contributed by atoms with Crippen LogP contribution in [0.5, 0.6) is 0 Å². The SMILES string of the molecule is CC(NC(=O)NC(C)c1nnc2ccccn12)c1ccc(S(C)(=O)=O)cc1. The lowest BCUT2D eigenvalue weighted by Gasteiger charge is -2.18. The second-order valence-electron chi connectivity index (χ2n) is 6.39. The summed E-state index contributed by atoms with van der Waals surface area (Å²) in [5.41, 5.74) is 1.51. The monoisotopic (exact) mass is 387 g/mol. The van der Waals surface area contributed by atoms with Crippen molar-refractivity contribution in [3.8, 4) is 0 Å². The van der Waals surface area contributed by atoms with Crippen LogP contribution in [0.3, 0.4) is 0 Å². The van der Waals surface area contributed by atoms with E-state index in [0.717, 1.165) is 11.8 Å². The molecule has 27 heavy (non-hydrogen) atoms. The van der Waals surface area contributed by atoms with Gasteiger partial charge in [0.1, 0.15) is 0 Å². The van der Waals surface area contributed by atoms with Gasteiger partial charge in [-0.05, 0) is 43.7 Å². The van der Waals surface area contributed by atoms with Gasteiger partial charge in [-0.3, -0.25) is 4.40 Å². The van der Waals surface area contributed by atoms with Crippen molar-refractivity contribution in [3.05, 3.63) is 60.0 Å². The van der Waals surface area contributed by atoms with E-state index in [1.807, 2.05) is 42.6 Å². The summed E-state index contributed by atoms with van der Waals surface area (Å²) in [6, 6.07) is 11.0. The number of hydrogen-bond donors (Lipinski definition) is 2. The number of pyridine rings is 1. The second-order valence-corrected chi connectivity index (χ2v) is 8.41. The van der Waals surface area contributed by atoms with Crippen molar-refractivity contribution in [2.45, 2.75) is 30.8 Å². The van der Waals surface area contributed by atoms with Crippen LogP contribution in [-0.4, -0.2) is 35.3 Å². The van der Waals surface area contributed by atoms with Gasteiger partial charge in [0, 0.05) is 12.5 Å². The van der Waals surface area contributed by atoms with E-state index in [4.69, 9.17) is 0 Å². The molecular weight excluding hydrogens is 366 g/mol. The average molecular weight is 387 g/mol. The zero-order valence-corrected chi connectivity index (χ0v) is 16.1. The zero-order valence-electron chi connectivity index (χ0n) is 15.2. The van der Waals surface area contributed by atoms with Crippen LogP contribution in [0.2, 0.25) is 0 Å². The van der Waals surface area contributed by atoms with E-state index in [9.17, 15) is 13.2 Å². The first-order valence-electron chi connectivity index (χ1n) is 8.42. The number of carbonyl (C=O) groups is 1. The van der Waals surface area contributed by atoms with Crippen molar-refractivity contribution in [2.75, 3.05) is 6.26 Å². The number of sulfone groups is 1. The number of hydrogen-bond acceptors (Lipinski definition) is 5. The Kier molecular flexibility index (Phi) is 5.13. The molecule has 3 rings (SSSR count). The molecule has 0 fully saturated rings. The number of fused-ring (bicyclic) bond motifs is 1. The summed E-state index contributed by atoms with van der Waals surface area (Å²) in [5.74, 6) is 0.630. The number of carbonyl (C=O) groups excluding carboxylic acids is 1. The molecule has 2 amide bonds. The standard InChI is InChI=1S/C18H21N5O3S/c1-12(14-7-9-15(10-8-14)27(3,25)26)19-18(24)20-13(2)17-22-21-16-6-4-5-11-23(16)17/h4-13H,1-3H3,(H2,19,20,24). The largest absolute Gasteiger partial charge is 0.332 e. The zero-order chi connectivity index (χ0) is 19.6. The molecule has 2 atom stereocenters. The lowest BCUT2D eigenvalue weighted by Crippen LogP contribution is -2.38. The first kappa shape index (κ1) is 18.8. The van der Waals surface area contributed by atoms with E-state index in [2.05, 4.69) is 20.8 Å². The van der Waals surface area contributed by atoms with E-state index in [1.54, 1.807) is 12.1 Å². The quantitative estimate of drug-likeness (QED) is 0.698. The maximum atomic E-state index is 12.3. The molecule has 3 aromatic rings. The van der Waals surface area contributed by atoms with Crippen LogP contribution < -0.4 is 10.6 Å². The van der Waals surface area contributed by atoms with E-state index in [0.29, 0.717) is 11.5 Å². The summed E-state index contributed by atoms with van der Waals surface area (Å²) >= 11 is 0. The summed E-state index contributed by atoms with van der Waals surface area (Å²) < 4.78 is 24.9. The van der Waals surface area contributed by atoms with Crippen LogP contribution >= 0.6 is 0 Å². The number of rotatable bonds is 5. The van der Waals surface area contributed by atoms with E-state index < -0.39 is 9.84 Å². The molecule has 2 heterocycles. The van der Waals surface area contributed by atoms with Gasteiger partial charge in [-0.1, -0.05) is 18.2 Å². The summed E-state index contributed by atoms with van der Waals surface area (Å²) in [6.45, 7) is 3.65. The predicted molar refractivity (Wildman–Crippen MR) is 101 cm³/mol. The highest BCUT2D eigenvalue weighted by Crippen LogP contribution is 2.17. The maximum Gasteiger partial charge on any atom is 0.315 e. The van der Waals surface area contributed by atoms with Crippen LogP contribution in [-0.2, 0) is 9.84 Å². The van der Waals surface area contributed by atoms with Crippen LogP contribution in [0.1, 0.15) is 37.3 Å². The van der Waals surface area contributed by atoms with E-state index >= 15 is 0 Å². The predicted octanol–water partition coefficient (Wildman–Crippen LogP) is 2.25. The van der Waals surface area contributed by atoms with Crippen molar-refractivity contribution in [3.63, 3.8) is 0 Å². The fourth-order valence-electron chi connectivity index (χ4n) is 2.74. The molecule has 0 spiro atoms. The molecule has 0 aliphatic rings. The lowest BCUT2D eigenvalue weighted by atomic mass is 10.1. The van der Waals surface area contributed by atoms with Gasteiger partial charge in [-0.15, -0.1) is 10.2 Å². The minimum atomic E-state index is -3.24. The molecule has 142 valence electrons. The van der Waals surface area contributed by atoms with Crippen molar-refractivity contribution < 1.29 is 13.2 Å². The maximum absolute atomic E-state index is 12.3. The van der Waals surface area contributed by atoms with Crippen molar-refractivity contribution in [1.29, 1.82) is 0 Å². The van der Waals surface area contributed by atoms with Gasteiger partial charge in [0.15, 0.2) is 21.3 Å². The van der Waals surface area contributed by atoms with Crippen LogP contribution in [0, 0.1) is 0 Å². The summed E-state index contributed by atoms with van der Waals surface area (Å²) in [6.07, 6.45) is 3.00. The fourth-order valence-corrected chi connectivity index (χ4v) is 3.37. The third-order valence-electron chi connectivity index (χ3n) is 4.23. The van der Waals surface area contributed by atoms with Gasteiger partial charge >= 0.3 is 6.03 Å². The van der Waals surface area contributed by atoms with E-state index in [-0.39, 0.29) is 23.0 Å². The van der Waals surface area contributed by atoms with Gasteiger partial charge in [-0.2, -0.15) is 0 Å². The number of aromatic nitrogens is 3. The Morgan fingerprint density at radius 1 is 1.00 bits per heavy atom. The van der Waals surface area contributed by atoms with Gasteiger partial charge in [-0.25, -0.2) is 13.2 Å². The third kappa shape index (κ3) is 4.25. The third-order valence-corrected chi connectivity index (χ3v) is 5.36. The number of urea groups is 1. The first-order chi connectivity index (χ1) is 12.8. The molecule has 2 N–H and O–H groups in total. The van der Waals surface area contributed by atoms with Crippen LogP contribution in [0.25, 0.3) is 5.65 Å². The van der Waals surface area contributed by atoms with Crippen molar-refractivity contribution in [2.24, 2.45) is 0 Å². The fraction of sp³-hybridized carbons (Fsp3) is 0.278. The molecule has 9 heteroatoms. The van der Waals surface area contributed by atoms with Gasteiger partial charge in [0.05, 0.1) is 17.0 Å². The normalized spacial score (nSPS) is 13.9. The second kappa shape index (κ2) is 7.36. The smallest absolute Gasteiger partial charge is 0.315 e. The molecule has 0 saturated carbocycles. The molecule has 0 aliphatic carbocycles. The van der Waals surface area contributed by atoms with Crippen molar-refractivity contribution >= 4 is 21.5 Å². The van der Waals surface area contributed by atoms with Gasteiger partial charge in [0.2, 0.25) is 0 Å².